The lowest BCUT2D eigenvalue weighted by Gasteiger charge is -2.30. The predicted octanol–water partition coefficient (Wildman–Crippen LogP) is 2.76. The number of fused-ring (bicyclic) bond motifs is 1. The zero-order chi connectivity index (χ0) is 18.8. The molecule has 2 aliphatic rings. The van der Waals surface area contributed by atoms with Crippen molar-refractivity contribution in [3.63, 3.8) is 0 Å². The average molecular weight is 367 g/mol. The van der Waals surface area contributed by atoms with Crippen LogP contribution in [0, 0.1) is 0 Å². The lowest BCUT2D eigenvalue weighted by Crippen LogP contribution is -2.30. The summed E-state index contributed by atoms with van der Waals surface area (Å²) >= 11 is 0. The summed E-state index contributed by atoms with van der Waals surface area (Å²) in [5, 5.41) is 2.93. The van der Waals surface area contributed by atoms with E-state index in [9.17, 15) is 9.59 Å². The molecule has 2 aromatic carbocycles. The Hall–Kier alpha value is -3.22. The number of carbonyl (C=O) groups is 2. The largest absolute Gasteiger partial charge is 0.454 e. The normalized spacial score (nSPS) is 15.5. The standard InChI is InChI=1S/C20H21N3O4/c21-19(24)13-4-6-16(23-8-2-1-3-9-23)15(10-13)22-20(25)14-5-7-17-18(11-14)27-12-26-17/h4-7,10-11H,1-3,8-9,12H2,(H2,21,24)(H,22,25). The molecular formula is C20H21N3O4. The summed E-state index contributed by atoms with van der Waals surface area (Å²) in [5.41, 5.74) is 7.71. The summed E-state index contributed by atoms with van der Waals surface area (Å²) < 4.78 is 10.6. The van der Waals surface area contributed by atoms with E-state index in [4.69, 9.17) is 15.2 Å². The van der Waals surface area contributed by atoms with E-state index in [1.54, 1.807) is 30.3 Å². The fourth-order valence-corrected chi connectivity index (χ4v) is 3.43. The average Bonchev–Trinajstić information content (AvgIpc) is 3.16. The second kappa shape index (κ2) is 7.19. The number of primary amides is 1. The number of rotatable bonds is 4. The van der Waals surface area contributed by atoms with Gasteiger partial charge >= 0.3 is 0 Å². The maximum atomic E-state index is 12.8. The van der Waals surface area contributed by atoms with Crippen LogP contribution in [0.3, 0.4) is 0 Å². The van der Waals surface area contributed by atoms with Gasteiger partial charge in [-0.25, -0.2) is 0 Å². The number of anilines is 2. The Labute approximate surface area is 157 Å². The van der Waals surface area contributed by atoms with E-state index in [1.165, 1.54) is 6.42 Å². The molecule has 27 heavy (non-hydrogen) atoms. The third-order valence-corrected chi connectivity index (χ3v) is 4.86. The number of nitrogens with zero attached hydrogens (tertiary/aromatic N) is 1. The number of ether oxygens (including phenoxy) is 2. The number of hydrogen-bond donors (Lipinski definition) is 2. The highest BCUT2D eigenvalue weighted by Gasteiger charge is 2.20. The fourth-order valence-electron chi connectivity index (χ4n) is 3.43. The van der Waals surface area contributed by atoms with Gasteiger partial charge in [0.1, 0.15) is 0 Å². The van der Waals surface area contributed by atoms with Gasteiger partial charge in [0, 0.05) is 24.2 Å². The summed E-state index contributed by atoms with van der Waals surface area (Å²) in [6.07, 6.45) is 3.41. The molecular weight excluding hydrogens is 346 g/mol. The first-order valence-corrected chi connectivity index (χ1v) is 9.01. The Morgan fingerprint density at radius 1 is 0.926 bits per heavy atom. The van der Waals surface area contributed by atoms with Crippen LogP contribution in [0.15, 0.2) is 36.4 Å². The first kappa shape index (κ1) is 17.2. The summed E-state index contributed by atoms with van der Waals surface area (Å²) in [6, 6.07) is 10.2. The molecule has 140 valence electrons. The number of piperidine rings is 1. The smallest absolute Gasteiger partial charge is 0.255 e. The highest BCUT2D eigenvalue weighted by atomic mass is 16.7. The van der Waals surface area contributed by atoms with Crippen LogP contribution in [0.5, 0.6) is 11.5 Å². The van der Waals surface area contributed by atoms with Crippen molar-refractivity contribution in [3.05, 3.63) is 47.5 Å². The third kappa shape index (κ3) is 3.53. The van der Waals surface area contributed by atoms with Gasteiger partial charge in [0.15, 0.2) is 11.5 Å². The van der Waals surface area contributed by atoms with Gasteiger partial charge < -0.3 is 25.4 Å². The number of hydrogen-bond acceptors (Lipinski definition) is 5. The Balaban J connectivity index is 1.63. The van der Waals surface area contributed by atoms with Gasteiger partial charge in [-0.15, -0.1) is 0 Å². The fraction of sp³-hybridized carbons (Fsp3) is 0.300. The van der Waals surface area contributed by atoms with Crippen molar-refractivity contribution in [1.82, 2.24) is 0 Å². The Bertz CT molecular complexity index is 891. The summed E-state index contributed by atoms with van der Waals surface area (Å²) in [4.78, 5) is 26.6. The molecule has 2 amide bonds. The highest BCUT2D eigenvalue weighted by molar-refractivity contribution is 6.07. The Morgan fingerprint density at radius 2 is 1.67 bits per heavy atom. The Morgan fingerprint density at radius 3 is 2.44 bits per heavy atom. The van der Waals surface area contributed by atoms with Gasteiger partial charge in [0.2, 0.25) is 12.7 Å². The zero-order valence-electron chi connectivity index (χ0n) is 14.9. The molecule has 0 bridgehead atoms. The van der Waals surface area contributed by atoms with E-state index in [0.717, 1.165) is 31.6 Å². The SMILES string of the molecule is NC(=O)c1ccc(N2CCCCC2)c(NC(=O)c2ccc3c(c2)OCO3)c1. The quantitative estimate of drug-likeness (QED) is 0.867. The molecule has 0 spiro atoms. The maximum absolute atomic E-state index is 12.8. The molecule has 2 aliphatic heterocycles. The van der Waals surface area contributed by atoms with Crippen LogP contribution in [-0.4, -0.2) is 31.7 Å². The molecule has 7 nitrogen and oxygen atoms in total. The van der Waals surface area contributed by atoms with Gasteiger partial charge in [0.05, 0.1) is 11.4 Å². The lowest BCUT2D eigenvalue weighted by atomic mass is 10.1. The minimum atomic E-state index is -0.529. The first-order chi connectivity index (χ1) is 13.1. The van der Waals surface area contributed by atoms with Crippen molar-refractivity contribution in [2.24, 2.45) is 5.73 Å². The molecule has 0 radical (unpaired) electrons. The molecule has 0 aliphatic carbocycles. The van der Waals surface area contributed by atoms with Crippen LogP contribution in [0.4, 0.5) is 11.4 Å². The van der Waals surface area contributed by atoms with Gasteiger partial charge in [-0.3, -0.25) is 9.59 Å². The van der Waals surface area contributed by atoms with Crippen LogP contribution in [0.1, 0.15) is 40.0 Å². The predicted molar refractivity (Wildman–Crippen MR) is 102 cm³/mol. The number of nitrogens with two attached hydrogens (primary N) is 1. The van der Waals surface area contributed by atoms with Crippen molar-refractivity contribution in [1.29, 1.82) is 0 Å². The zero-order valence-corrected chi connectivity index (χ0v) is 14.9. The van der Waals surface area contributed by atoms with Crippen LogP contribution in [-0.2, 0) is 0 Å². The van der Waals surface area contributed by atoms with Gasteiger partial charge in [-0.1, -0.05) is 0 Å². The van der Waals surface area contributed by atoms with E-state index in [2.05, 4.69) is 10.2 Å². The van der Waals surface area contributed by atoms with Crippen LogP contribution >= 0.6 is 0 Å². The molecule has 4 rings (SSSR count). The van der Waals surface area contributed by atoms with Crippen molar-refractivity contribution in [2.75, 3.05) is 30.1 Å². The molecule has 0 aromatic heterocycles. The number of amides is 2. The molecule has 2 heterocycles. The number of nitrogens with one attached hydrogen (secondary N) is 1. The molecule has 3 N–H and O–H groups in total. The minimum absolute atomic E-state index is 0.153. The molecule has 0 unspecified atom stereocenters. The second-order valence-electron chi connectivity index (χ2n) is 6.67. The van der Waals surface area contributed by atoms with Gasteiger partial charge in [0.25, 0.3) is 5.91 Å². The number of carbonyl (C=O) groups excluding carboxylic acids is 2. The molecule has 1 saturated heterocycles. The first-order valence-electron chi connectivity index (χ1n) is 9.01. The molecule has 1 fully saturated rings. The van der Waals surface area contributed by atoms with E-state index in [-0.39, 0.29) is 12.7 Å². The molecule has 0 saturated carbocycles. The van der Waals surface area contributed by atoms with Crippen molar-refractivity contribution < 1.29 is 19.1 Å². The van der Waals surface area contributed by atoms with E-state index < -0.39 is 5.91 Å². The second-order valence-corrected chi connectivity index (χ2v) is 6.67. The number of benzene rings is 2. The summed E-state index contributed by atoms with van der Waals surface area (Å²) in [6.45, 7) is 1.99. The topological polar surface area (TPSA) is 93.9 Å². The van der Waals surface area contributed by atoms with Crippen molar-refractivity contribution in [3.8, 4) is 11.5 Å². The van der Waals surface area contributed by atoms with Crippen LogP contribution in [0.2, 0.25) is 0 Å². The van der Waals surface area contributed by atoms with Gasteiger partial charge in [-0.2, -0.15) is 0 Å². The minimum Gasteiger partial charge on any atom is -0.454 e. The summed E-state index contributed by atoms with van der Waals surface area (Å²) in [5.74, 6) is 0.355. The van der Waals surface area contributed by atoms with Crippen LogP contribution in [0.25, 0.3) is 0 Å². The third-order valence-electron chi connectivity index (χ3n) is 4.86. The highest BCUT2D eigenvalue weighted by Crippen LogP contribution is 2.34. The van der Waals surface area contributed by atoms with E-state index >= 15 is 0 Å². The van der Waals surface area contributed by atoms with E-state index in [1.807, 2.05) is 6.07 Å². The molecule has 7 heteroatoms. The monoisotopic (exact) mass is 367 g/mol. The summed E-state index contributed by atoms with van der Waals surface area (Å²) in [7, 11) is 0. The van der Waals surface area contributed by atoms with Crippen molar-refractivity contribution in [2.45, 2.75) is 19.3 Å². The van der Waals surface area contributed by atoms with Gasteiger partial charge in [-0.05, 0) is 55.7 Å². The Kier molecular flexibility index (Phi) is 4.58. The van der Waals surface area contributed by atoms with E-state index in [0.29, 0.717) is 28.3 Å². The lowest BCUT2D eigenvalue weighted by molar-refractivity contribution is 0.0996. The molecule has 0 atom stereocenters. The van der Waals surface area contributed by atoms with Crippen LogP contribution < -0.4 is 25.4 Å². The molecule has 2 aromatic rings. The maximum Gasteiger partial charge on any atom is 0.255 e. The van der Waals surface area contributed by atoms with Crippen molar-refractivity contribution >= 4 is 23.2 Å².